The molecule has 1 amide bonds. The zero-order valence-corrected chi connectivity index (χ0v) is 19.5. The van der Waals surface area contributed by atoms with Crippen LogP contribution in [0.3, 0.4) is 0 Å². The monoisotopic (exact) mass is 457 g/mol. The maximum absolute atomic E-state index is 13.0. The Morgan fingerprint density at radius 1 is 1.00 bits per heavy atom. The van der Waals surface area contributed by atoms with Gasteiger partial charge >= 0.3 is 0 Å². The molecule has 1 fully saturated rings. The minimum atomic E-state index is -0.203. The van der Waals surface area contributed by atoms with Gasteiger partial charge < -0.3 is 10.1 Å². The highest BCUT2D eigenvalue weighted by atomic mass is 16.5. The second-order valence-corrected chi connectivity index (χ2v) is 8.24. The number of aryl methyl sites for hydroxylation is 1. The van der Waals surface area contributed by atoms with Crippen LogP contribution in [-0.4, -0.2) is 48.1 Å². The molecular weight excluding hydrogens is 426 g/mol. The average molecular weight is 458 g/mol. The molecule has 7 heteroatoms. The van der Waals surface area contributed by atoms with Gasteiger partial charge in [-0.1, -0.05) is 31.2 Å². The summed E-state index contributed by atoms with van der Waals surface area (Å²) in [4.78, 5) is 24.1. The highest BCUT2D eigenvalue weighted by Crippen LogP contribution is 2.12. The van der Waals surface area contributed by atoms with Crippen LogP contribution in [0.15, 0.2) is 78.0 Å². The fourth-order valence-corrected chi connectivity index (χ4v) is 3.73. The summed E-state index contributed by atoms with van der Waals surface area (Å²) in [5, 5.41) is 6.22. The normalized spacial score (nSPS) is 14.6. The lowest BCUT2D eigenvalue weighted by Gasteiger charge is -2.26. The second kappa shape index (κ2) is 12.1. The van der Waals surface area contributed by atoms with Crippen molar-refractivity contribution in [3.63, 3.8) is 0 Å². The number of aliphatic imine (C=N–C) groups is 1. The lowest BCUT2D eigenvalue weighted by Crippen LogP contribution is -2.36. The zero-order valence-electron chi connectivity index (χ0n) is 19.5. The number of morpholine rings is 1. The predicted molar refractivity (Wildman–Crippen MR) is 135 cm³/mol. The van der Waals surface area contributed by atoms with Crippen molar-refractivity contribution in [2.45, 2.75) is 26.4 Å². The molecule has 1 aromatic heterocycles. The molecule has 1 saturated heterocycles. The SMILES string of the molecule is CCc1cccc(NC(=NCc2ccncc2)NC(=O)c2ccc(CN3CCOCC3)cc2)c1. The van der Waals surface area contributed by atoms with E-state index in [0.717, 1.165) is 50.5 Å². The van der Waals surface area contributed by atoms with Gasteiger partial charge in [-0.05, 0) is 59.5 Å². The van der Waals surface area contributed by atoms with Crippen molar-refractivity contribution >= 4 is 17.6 Å². The number of nitrogens with zero attached hydrogens (tertiary/aromatic N) is 3. The van der Waals surface area contributed by atoms with E-state index in [-0.39, 0.29) is 5.91 Å². The summed E-state index contributed by atoms with van der Waals surface area (Å²) < 4.78 is 5.41. The van der Waals surface area contributed by atoms with Gasteiger partial charge in [0.1, 0.15) is 0 Å². The van der Waals surface area contributed by atoms with E-state index >= 15 is 0 Å². The van der Waals surface area contributed by atoms with Crippen LogP contribution in [0.5, 0.6) is 0 Å². The van der Waals surface area contributed by atoms with Crippen molar-refractivity contribution in [1.29, 1.82) is 0 Å². The maximum atomic E-state index is 13.0. The third-order valence-electron chi connectivity index (χ3n) is 5.73. The highest BCUT2D eigenvalue weighted by molar-refractivity contribution is 6.10. The summed E-state index contributed by atoms with van der Waals surface area (Å²) in [6.07, 6.45) is 4.40. The lowest BCUT2D eigenvalue weighted by molar-refractivity contribution is 0.0342. The number of anilines is 1. The number of carbonyl (C=O) groups excluding carboxylic acids is 1. The molecule has 3 aromatic rings. The Morgan fingerprint density at radius 2 is 1.76 bits per heavy atom. The van der Waals surface area contributed by atoms with E-state index in [1.54, 1.807) is 12.4 Å². The van der Waals surface area contributed by atoms with Gasteiger partial charge in [0.05, 0.1) is 19.8 Å². The van der Waals surface area contributed by atoms with Crippen LogP contribution < -0.4 is 10.6 Å². The molecule has 0 atom stereocenters. The molecule has 176 valence electrons. The molecule has 4 rings (SSSR count). The number of carbonyl (C=O) groups is 1. The highest BCUT2D eigenvalue weighted by Gasteiger charge is 2.13. The fourth-order valence-electron chi connectivity index (χ4n) is 3.73. The molecule has 0 spiro atoms. The van der Waals surface area contributed by atoms with Crippen LogP contribution in [0.4, 0.5) is 5.69 Å². The molecule has 2 N–H and O–H groups in total. The van der Waals surface area contributed by atoms with Crippen LogP contribution >= 0.6 is 0 Å². The van der Waals surface area contributed by atoms with E-state index in [1.165, 1.54) is 11.1 Å². The van der Waals surface area contributed by atoms with E-state index in [2.05, 4.69) is 44.6 Å². The Kier molecular flexibility index (Phi) is 8.38. The van der Waals surface area contributed by atoms with Crippen LogP contribution in [-0.2, 0) is 24.2 Å². The van der Waals surface area contributed by atoms with E-state index in [4.69, 9.17) is 4.74 Å². The number of rotatable bonds is 7. The molecular formula is C27H31N5O2. The molecule has 34 heavy (non-hydrogen) atoms. The number of benzene rings is 2. The summed E-state index contributed by atoms with van der Waals surface area (Å²) in [6.45, 7) is 6.82. The minimum absolute atomic E-state index is 0.203. The number of ether oxygens (including phenoxy) is 1. The van der Waals surface area contributed by atoms with Gasteiger partial charge in [0, 0.05) is 43.3 Å². The number of guanidine groups is 1. The topological polar surface area (TPSA) is 78.8 Å². The van der Waals surface area contributed by atoms with Gasteiger partial charge in [0.25, 0.3) is 5.91 Å². The van der Waals surface area contributed by atoms with Crippen LogP contribution in [0.2, 0.25) is 0 Å². The Balaban J connectivity index is 1.45. The molecule has 2 heterocycles. The zero-order chi connectivity index (χ0) is 23.6. The summed E-state index contributed by atoms with van der Waals surface area (Å²) >= 11 is 0. The first kappa shape index (κ1) is 23.6. The number of pyridine rings is 1. The van der Waals surface area contributed by atoms with Crippen molar-refractivity contribution < 1.29 is 9.53 Å². The van der Waals surface area contributed by atoms with E-state index in [0.29, 0.717) is 18.1 Å². The van der Waals surface area contributed by atoms with Gasteiger partial charge in [0.2, 0.25) is 5.96 Å². The van der Waals surface area contributed by atoms with Crippen molar-refractivity contribution in [3.05, 3.63) is 95.3 Å². The van der Waals surface area contributed by atoms with E-state index in [1.807, 2.05) is 48.5 Å². The fraction of sp³-hybridized carbons (Fsp3) is 0.296. The Morgan fingerprint density at radius 3 is 2.50 bits per heavy atom. The van der Waals surface area contributed by atoms with E-state index in [9.17, 15) is 4.79 Å². The number of aromatic nitrogens is 1. The number of hydrogen-bond acceptors (Lipinski definition) is 5. The summed E-state index contributed by atoms with van der Waals surface area (Å²) in [5.74, 6) is 0.206. The second-order valence-electron chi connectivity index (χ2n) is 8.24. The Bertz CT molecular complexity index is 1090. The lowest BCUT2D eigenvalue weighted by atomic mass is 10.1. The van der Waals surface area contributed by atoms with Crippen molar-refractivity contribution in [2.75, 3.05) is 31.6 Å². The smallest absolute Gasteiger partial charge is 0.257 e. The van der Waals surface area contributed by atoms with Gasteiger partial charge in [0.15, 0.2) is 0 Å². The Hall–Kier alpha value is -3.55. The minimum Gasteiger partial charge on any atom is -0.379 e. The van der Waals surface area contributed by atoms with Gasteiger partial charge in [-0.3, -0.25) is 20.0 Å². The first-order chi connectivity index (χ1) is 16.7. The summed E-state index contributed by atoms with van der Waals surface area (Å²) in [6, 6.07) is 19.7. The van der Waals surface area contributed by atoms with Crippen molar-refractivity contribution in [3.8, 4) is 0 Å². The number of nitrogens with one attached hydrogen (secondary N) is 2. The predicted octanol–water partition coefficient (Wildman–Crippen LogP) is 3.87. The van der Waals surface area contributed by atoms with Gasteiger partial charge in [-0.2, -0.15) is 0 Å². The molecule has 0 unspecified atom stereocenters. The molecule has 1 aliphatic rings. The van der Waals surface area contributed by atoms with E-state index < -0.39 is 0 Å². The first-order valence-electron chi connectivity index (χ1n) is 11.7. The largest absolute Gasteiger partial charge is 0.379 e. The third kappa shape index (κ3) is 6.97. The maximum Gasteiger partial charge on any atom is 0.257 e. The van der Waals surface area contributed by atoms with Crippen molar-refractivity contribution in [2.24, 2.45) is 4.99 Å². The van der Waals surface area contributed by atoms with Crippen LogP contribution in [0, 0.1) is 0 Å². The average Bonchev–Trinajstić information content (AvgIpc) is 2.89. The molecule has 1 aliphatic heterocycles. The third-order valence-corrected chi connectivity index (χ3v) is 5.73. The van der Waals surface area contributed by atoms with Gasteiger partial charge in [-0.15, -0.1) is 0 Å². The number of amides is 1. The van der Waals surface area contributed by atoms with Crippen molar-refractivity contribution in [1.82, 2.24) is 15.2 Å². The first-order valence-corrected chi connectivity index (χ1v) is 11.7. The van der Waals surface area contributed by atoms with Gasteiger partial charge in [-0.25, -0.2) is 4.99 Å². The van der Waals surface area contributed by atoms with Crippen LogP contribution in [0.25, 0.3) is 0 Å². The molecule has 0 radical (unpaired) electrons. The molecule has 7 nitrogen and oxygen atoms in total. The molecule has 0 saturated carbocycles. The molecule has 2 aromatic carbocycles. The summed E-state index contributed by atoms with van der Waals surface area (Å²) in [7, 11) is 0. The quantitative estimate of drug-likeness (QED) is 0.416. The number of hydrogen-bond donors (Lipinski definition) is 2. The van der Waals surface area contributed by atoms with Crippen LogP contribution in [0.1, 0.15) is 34.0 Å². The standard InChI is InChI=1S/C27H31N5O2/c1-2-21-4-3-5-25(18-21)30-27(29-19-22-10-12-28-13-11-22)31-26(33)24-8-6-23(7-9-24)20-32-14-16-34-17-15-32/h3-13,18H,2,14-17,19-20H2,1H3,(H2,29,30,31,33). The summed E-state index contributed by atoms with van der Waals surface area (Å²) in [5.41, 5.74) is 4.87. The Labute approximate surface area is 200 Å². The molecule has 0 aliphatic carbocycles. The molecule has 0 bridgehead atoms.